The summed E-state index contributed by atoms with van der Waals surface area (Å²) in [4.78, 5) is 7.05. The molecule has 0 bridgehead atoms. The van der Waals surface area contributed by atoms with Crippen molar-refractivity contribution in [2.45, 2.75) is 83.5 Å². The van der Waals surface area contributed by atoms with Crippen LogP contribution in [-0.2, 0) is 9.47 Å². The zero-order valence-corrected chi connectivity index (χ0v) is 20.3. The first kappa shape index (κ1) is 22.6. The highest BCUT2D eigenvalue weighted by Gasteiger charge is 2.58. The number of nitrogens with zero attached hydrogens (tertiary/aromatic N) is 2. The number of piperidine rings is 1. The molecule has 162 valence electrons. The average molecular weight is 505 g/mol. The zero-order valence-electron chi connectivity index (χ0n) is 18.0. The van der Waals surface area contributed by atoms with Gasteiger partial charge in [-0.15, -0.1) is 24.0 Å². The molecule has 2 saturated heterocycles. The van der Waals surface area contributed by atoms with Gasteiger partial charge < -0.3 is 19.7 Å². The van der Waals surface area contributed by atoms with Gasteiger partial charge in [-0.05, 0) is 44.4 Å². The summed E-state index contributed by atoms with van der Waals surface area (Å²) in [5, 5.41) is 3.81. The van der Waals surface area contributed by atoms with Crippen molar-refractivity contribution in [2.24, 2.45) is 22.2 Å². The average Bonchev–Trinajstić information content (AvgIpc) is 3.21. The number of hydrogen-bond acceptors (Lipinski definition) is 3. The van der Waals surface area contributed by atoms with Crippen LogP contribution in [0.15, 0.2) is 4.99 Å². The summed E-state index contributed by atoms with van der Waals surface area (Å²) in [5.74, 6) is 2.54. The van der Waals surface area contributed by atoms with Crippen LogP contribution in [0.5, 0.6) is 0 Å². The van der Waals surface area contributed by atoms with Gasteiger partial charge in [0.1, 0.15) is 0 Å². The summed E-state index contributed by atoms with van der Waals surface area (Å²) >= 11 is 0. The first-order valence-electron chi connectivity index (χ1n) is 11.3. The number of fused-ring (bicyclic) bond motifs is 1. The molecule has 2 aliphatic carbocycles. The quantitative estimate of drug-likeness (QED) is 0.356. The number of ether oxygens (including phenoxy) is 2. The molecular weight excluding hydrogens is 465 g/mol. The molecule has 3 atom stereocenters. The van der Waals surface area contributed by atoms with Crippen molar-refractivity contribution in [3.8, 4) is 0 Å². The van der Waals surface area contributed by atoms with E-state index < -0.39 is 0 Å². The van der Waals surface area contributed by atoms with Crippen LogP contribution in [0.25, 0.3) is 0 Å². The molecule has 6 heteroatoms. The highest BCUT2D eigenvalue weighted by Crippen LogP contribution is 2.51. The van der Waals surface area contributed by atoms with Gasteiger partial charge in [0.25, 0.3) is 0 Å². The lowest BCUT2D eigenvalue weighted by Gasteiger charge is -2.60. The largest absolute Gasteiger partial charge is 0.378 e. The first-order chi connectivity index (χ1) is 13.1. The number of hydrogen-bond donors (Lipinski definition) is 1. The summed E-state index contributed by atoms with van der Waals surface area (Å²) in [6.45, 7) is 8.69. The highest BCUT2D eigenvalue weighted by atomic mass is 127. The molecule has 4 fully saturated rings. The summed E-state index contributed by atoms with van der Waals surface area (Å²) in [6.07, 6.45) is 11.1. The molecule has 1 N–H and O–H groups in total. The van der Waals surface area contributed by atoms with Crippen molar-refractivity contribution >= 4 is 29.9 Å². The Kier molecular flexibility index (Phi) is 7.93. The van der Waals surface area contributed by atoms with E-state index in [4.69, 9.17) is 9.47 Å². The Morgan fingerprint density at radius 3 is 2.50 bits per heavy atom. The molecule has 4 rings (SSSR count). The predicted molar refractivity (Wildman–Crippen MR) is 124 cm³/mol. The van der Waals surface area contributed by atoms with Gasteiger partial charge in [0.05, 0.1) is 12.2 Å². The number of nitrogens with one attached hydrogen (secondary N) is 1. The van der Waals surface area contributed by atoms with Crippen molar-refractivity contribution in [1.82, 2.24) is 10.2 Å². The lowest BCUT2D eigenvalue weighted by atomic mass is 9.55. The molecule has 2 heterocycles. The zero-order chi connectivity index (χ0) is 18.9. The topological polar surface area (TPSA) is 46.1 Å². The van der Waals surface area contributed by atoms with Crippen LogP contribution < -0.4 is 5.32 Å². The number of rotatable bonds is 4. The fourth-order valence-electron chi connectivity index (χ4n) is 5.94. The molecule has 2 aliphatic heterocycles. The molecular formula is C22H40IN3O2. The van der Waals surface area contributed by atoms with Gasteiger partial charge >= 0.3 is 0 Å². The Bertz CT molecular complexity index is 528. The SMILES string of the molecule is CN=C(NC1C2CCCOC2C1(C)C)N1CCC(OCC2CCCC2)CC1.I. The van der Waals surface area contributed by atoms with Crippen LogP contribution in [0.1, 0.15) is 65.2 Å². The smallest absolute Gasteiger partial charge is 0.193 e. The lowest BCUT2D eigenvalue weighted by Crippen LogP contribution is -2.71. The summed E-state index contributed by atoms with van der Waals surface area (Å²) in [7, 11) is 1.92. The van der Waals surface area contributed by atoms with E-state index in [2.05, 4.69) is 29.1 Å². The monoisotopic (exact) mass is 505 g/mol. The summed E-state index contributed by atoms with van der Waals surface area (Å²) < 4.78 is 12.3. The molecule has 5 nitrogen and oxygen atoms in total. The van der Waals surface area contributed by atoms with Crippen molar-refractivity contribution in [3.05, 3.63) is 0 Å². The second-order valence-corrected chi connectivity index (χ2v) is 9.76. The molecule has 4 aliphatic rings. The molecule has 0 aromatic heterocycles. The number of likely N-dealkylation sites (tertiary alicyclic amines) is 1. The Balaban J connectivity index is 0.00000225. The van der Waals surface area contributed by atoms with Crippen molar-refractivity contribution in [3.63, 3.8) is 0 Å². The van der Waals surface area contributed by atoms with Crippen LogP contribution >= 0.6 is 24.0 Å². The molecule has 2 saturated carbocycles. The maximum atomic E-state index is 6.24. The van der Waals surface area contributed by atoms with Crippen molar-refractivity contribution in [2.75, 3.05) is 33.4 Å². The second kappa shape index (κ2) is 9.82. The minimum Gasteiger partial charge on any atom is -0.378 e. The van der Waals surface area contributed by atoms with Gasteiger partial charge in [0, 0.05) is 50.7 Å². The van der Waals surface area contributed by atoms with Gasteiger partial charge in [0.15, 0.2) is 5.96 Å². The fourth-order valence-corrected chi connectivity index (χ4v) is 5.94. The Labute approximate surface area is 188 Å². The van der Waals surface area contributed by atoms with Gasteiger partial charge in [-0.3, -0.25) is 4.99 Å². The van der Waals surface area contributed by atoms with E-state index in [1.54, 1.807) is 0 Å². The van der Waals surface area contributed by atoms with Crippen molar-refractivity contribution in [1.29, 1.82) is 0 Å². The minimum atomic E-state index is 0. The number of guanidine groups is 1. The Morgan fingerprint density at radius 1 is 1.11 bits per heavy atom. The fraction of sp³-hybridized carbons (Fsp3) is 0.955. The van der Waals surface area contributed by atoms with Crippen LogP contribution in [-0.4, -0.2) is 62.5 Å². The number of halogens is 1. The normalized spacial score (nSPS) is 33.8. The van der Waals surface area contributed by atoms with Crippen LogP contribution in [0.4, 0.5) is 0 Å². The highest BCUT2D eigenvalue weighted by molar-refractivity contribution is 14.0. The van der Waals surface area contributed by atoms with E-state index in [0.717, 1.165) is 51.0 Å². The standard InChI is InChI=1S/C22H39N3O2.HI/c1-22(2)19(18-9-6-14-26-20(18)22)24-21(23-3)25-12-10-17(11-13-25)27-15-16-7-4-5-8-16;/h16-20H,4-15H2,1-3H3,(H,23,24);1H. The Morgan fingerprint density at radius 2 is 1.82 bits per heavy atom. The third-order valence-corrected chi connectivity index (χ3v) is 7.61. The third-order valence-electron chi connectivity index (χ3n) is 7.61. The second-order valence-electron chi connectivity index (χ2n) is 9.76. The van der Waals surface area contributed by atoms with Crippen molar-refractivity contribution < 1.29 is 9.47 Å². The van der Waals surface area contributed by atoms with E-state index >= 15 is 0 Å². The molecule has 28 heavy (non-hydrogen) atoms. The van der Waals surface area contributed by atoms with E-state index in [1.807, 2.05) is 7.05 Å². The van der Waals surface area contributed by atoms with E-state index in [9.17, 15) is 0 Å². The third kappa shape index (κ3) is 4.64. The van der Waals surface area contributed by atoms with E-state index in [-0.39, 0.29) is 29.4 Å². The molecule has 3 unspecified atom stereocenters. The molecule has 0 radical (unpaired) electrons. The summed E-state index contributed by atoms with van der Waals surface area (Å²) in [6, 6.07) is 0.470. The van der Waals surface area contributed by atoms with E-state index in [1.165, 1.54) is 38.5 Å². The molecule has 0 amide bonds. The molecule has 0 aromatic rings. The predicted octanol–water partition coefficient (Wildman–Crippen LogP) is 4.05. The van der Waals surface area contributed by atoms with Crippen LogP contribution in [0.3, 0.4) is 0 Å². The maximum absolute atomic E-state index is 6.24. The molecule has 0 spiro atoms. The van der Waals surface area contributed by atoms with Crippen LogP contribution in [0.2, 0.25) is 0 Å². The minimum absolute atomic E-state index is 0. The van der Waals surface area contributed by atoms with E-state index in [0.29, 0.717) is 24.2 Å². The summed E-state index contributed by atoms with van der Waals surface area (Å²) in [5.41, 5.74) is 0.184. The Hall–Kier alpha value is -0.0800. The van der Waals surface area contributed by atoms with Crippen LogP contribution in [0, 0.1) is 17.3 Å². The molecule has 0 aromatic carbocycles. The first-order valence-corrected chi connectivity index (χ1v) is 11.3. The lowest BCUT2D eigenvalue weighted by molar-refractivity contribution is -0.188. The van der Waals surface area contributed by atoms with Gasteiger partial charge in [-0.2, -0.15) is 0 Å². The van der Waals surface area contributed by atoms with Gasteiger partial charge in [-0.25, -0.2) is 0 Å². The maximum Gasteiger partial charge on any atom is 0.193 e. The van der Waals surface area contributed by atoms with Gasteiger partial charge in [0.2, 0.25) is 0 Å². The number of aliphatic imine (C=N–C) groups is 1. The van der Waals surface area contributed by atoms with Gasteiger partial charge in [-0.1, -0.05) is 26.7 Å².